The minimum Gasteiger partial charge on any atom is -0.363 e. The lowest BCUT2D eigenvalue weighted by Crippen LogP contribution is -2.47. The molecule has 4 aromatic rings. The predicted octanol–water partition coefficient (Wildman–Crippen LogP) is 1.27. The molecule has 4 rings (SSSR count). The summed E-state index contributed by atoms with van der Waals surface area (Å²) in [5, 5.41) is 9.45. The Balaban J connectivity index is 1.62. The topological polar surface area (TPSA) is 133 Å². The number of pyridine rings is 2. The molecule has 10 heteroatoms. The van der Waals surface area contributed by atoms with Crippen molar-refractivity contribution in [3.8, 4) is 5.82 Å². The van der Waals surface area contributed by atoms with Crippen molar-refractivity contribution in [2.75, 3.05) is 0 Å². The predicted molar refractivity (Wildman–Crippen MR) is 110 cm³/mol. The van der Waals surface area contributed by atoms with Crippen LogP contribution in [0.1, 0.15) is 16.1 Å². The maximum Gasteiger partial charge on any atom is 0.287 e. The van der Waals surface area contributed by atoms with Gasteiger partial charge in [0.15, 0.2) is 5.82 Å². The lowest BCUT2D eigenvalue weighted by molar-refractivity contribution is -0.137. The average Bonchev–Trinajstić information content (AvgIpc) is 3.41. The molecule has 0 spiro atoms. The molecular weight excluding hydrogens is 404 g/mol. The molecule has 4 aromatic heterocycles. The van der Waals surface area contributed by atoms with Crippen LogP contribution in [0.4, 0.5) is 0 Å². The van der Waals surface area contributed by atoms with Gasteiger partial charge in [0.05, 0.1) is 6.20 Å². The summed E-state index contributed by atoms with van der Waals surface area (Å²) < 4.78 is 1.35. The Morgan fingerprint density at radius 3 is 2.67 bits per heavy atom. The maximum atomic E-state index is 12.9. The second-order valence-electron chi connectivity index (χ2n) is 6.39. The van der Waals surface area contributed by atoms with Gasteiger partial charge in [-0.3, -0.25) is 14.4 Å². The van der Waals surface area contributed by atoms with Crippen LogP contribution in [0.3, 0.4) is 0 Å². The molecule has 150 valence electrons. The first-order valence-electron chi connectivity index (χ1n) is 8.95. The molecule has 0 bridgehead atoms. The van der Waals surface area contributed by atoms with E-state index in [-0.39, 0.29) is 12.1 Å². The first-order valence-corrected chi connectivity index (χ1v) is 9.83. The van der Waals surface area contributed by atoms with E-state index in [0.29, 0.717) is 5.82 Å². The fourth-order valence-corrected chi connectivity index (χ4v) is 3.97. The number of rotatable bonds is 7. The number of primary amides is 1. The molecule has 0 aromatic carbocycles. The SMILES string of the molecule is NC(=O)C(=O)C(Cc1csc2ncccc12)NC(=O)c1ccnn1-c1ccccn1. The van der Waals surface area contributed by atoms with E-state index in [1.54, 1.807) is 36.7 Å². The van der Waals surface area contributed by atoms with Gasteiger partial charge in [0.2, 0.25) is 5.78 Å². The van der Waals surface area contributed by atoms with E-state index in [2.05, 4.69) is 20.4 Å². The fourth-order valence-electron chi connectivity index (χ4n) is 3.05. The molecular formula is C20H16N6O3S. The molecule has 0 saturated heterocycles. The Morgan fingerprint density at radius 2 is 1.90 bits per heavy atom. The number of fused-ring (bicyclic) bond motifs is 1. The number of carbonyl (C=O) groups is 3. The third kappa shape index (κ3) is 3.80. The summed E-state index contributed by atoms with van der Waals surface area (Å²) >= 11 is 1.42. The number of ketones is 1. The number of thiophene rings is 1. The monoisotopic (exact) mass is 420 g/mol. The normalized spacial score (nSPS) is 11.9. The number of nitrogens with one attached hydrogen (secondary N) is 1. The van der Waals surface area contributed by atoms with Crippen molar-refractivity contribution in [3.05, 3.63) is 71.6 Å². The van der Waals surface area contributed by atoms with Gasteiger partial charge in [-0.1, -0.05) is 12.1 Å². The molecule has 0 radical (unpaired) electrons. The molecule has 30 heavy (non-hydrogen) atoms. The van der Waals surface area contributed by atoms with E-state index in [0.717, 1.165) is 15.8 Å². The minimum atomic E-state index is -1.12. The number of nitrogens with two attached hydrogens (primary N) is 1. The molecule has 0 aliphatic carbocycles. The van der Waals surface area contributed by atoms with Crippen molar-refractivity contribution < 1.29 is 14.4 Å². The zero-order chi connectivity index (χ0) is 21.1. The molecule has 0 saturated carbocycles. The fraction of sp³-hybridized carbons (Fsp3) is 0.100. The van der Waals surface area contributed by atoms with Crippen molar-refractivity contribution in [1.82, 2.24) is 25.1 Å². The highest BCUT2D eigenvalue weighted by Gasteiger charge is 2.28. The van der Waals surface area contributed by atoms with Crippen LogP contribution in [-0.2, 0) is 16.0 Å². The van der Waals surface area contributed by atoms with Crippen LogP contribution in [0, 0.1) is 0 Å². The maximum absolute atomic E-state index is 12.9. The second kappa shape index (κ2) is 8.21. The van der Waals surface area contributed by atoms with Crippen molar-refractivity contribution in [1.29, 1.82) is 0 Å². The molecule has 1 atom stereocenters. The molecule has 0 aliphatic rings. The van der Waals surface area contributed by atoms with E-state index in [1.165, 1.54) is 28.3 Å². The Kier molecular flexibility index (Phi) is 5.31. The molecule has 9 nitrogen and oxygen atoms in total. The lowest BCUT2D eigenvalue weighted by atomic mass is 10.0. The highest BCUT2D eigenvalue weighted by molar-refractivity contribution is 7.16. The van der Waals surface area contributed by atoms with E-state index in [9.17, 15) is 14.4 Å². The molecule has 1 unspecified atom stereocenters. The molecule has 2 amide bonds. The van der Waals surface area contributed by atoms with Gasteiger partial charge in [0.1, 0.15) is 16.6 Å². The smallest absolute Gasteiger partial charge is 0.287 e. The summed E-state index contributed by atoms with van der Waals surface area (Å²) in [6.07, 6.45) is 4.81. The van der Waals surface area contributed by atoms with Gasteiger partial charge in [-0.05, 0) is 35.2 Å². The quantitative estimate of drug-likeness (QED) is 0.433. The van der Waals surface area contributed by atoms with E-state index in [1.807, 2.05) is 11.4 Å². The lowest BCUT2D eigenvalue weighted by Gasteiger charge is -2.16. The van der Waals surface area contributed by atoms with Gasteiger partial charge in [0, 0.05) is 24.2 Å². The van der Waals surface area contributed by atoms with E-state index >= 15 is 0 Å². The first-order chi connectivity index (χ1) is 14.5. The van der Waals surface area contributed by atoms with Gasteiger partial charge in [-0.2, -0.15) is 5.10 Å². The van der Waals surface area contributed by atoms with Crippen LogP contribution < -0.4 is 11.1 Å². The summed E-state index contributed by atoms with van der Waals surface area (Å²) in [5.74, 6) is -2.12. The highest BCUT2D eigenvalue weighted by atomic mass is 32.1. The Hall–Kier alpha value is -3.92. The van der Waals surface area contributed by atoms with Gasteiger partial charge in [0.25, 0.3) is 11.8 Å². The Morgan fingerprint density at radius 1 is 1.07 bits per heavy atom. The zero-order valence-corrected chi connectivity index (χ0v) is 16.4. The van der Waals surface area contributed by atoms with Crippen molar-refractivity contribution >= 4 is 39.2 Å². The van der Waals surface area contributed by atoms with Crippen LogP contribution in [-0.4, -0.2) is 43.4 Å². The summed E-state index contributed by atoms with van der Waals surface area (Å²) in [7, 11) is 0. The summed E-state index contributed by atoms with van der Waals surface area (Å²) in [6.45, 7) is 0. The van der Waals surface area contributed by atoms with Crippen molar-refractivity contribution in [2.24, 2.45) is 5.73 Å². The minimum absolute atomic E-state index is 0.108. The largest absolute Gasteiger partial charge is 0.363 e. The standard InChI is InChI=1S/C20H16N6O3S/c21-18(28)17(27)14(10-12-11-30-20-13(12)4-3-8-23-20)25-19(29)15-6-9-24-26(15)16-5-1-2-7-22-16/h1-9,11,14H,10H2,(H2,21,28)(H,25,29). The van der Waals surface area contributed by atoms with Gasteiger partial charge >= 0.3 is 0 Å². The van der Waals surface area contributed by atoms with Gasteiger partial charge < -0.3 is 11.1 Å². The van der Waals surface area contributed by atoms with Gasteiger partial charge in [-0.25, -0.2) is 14.6 Å². The average molecular weight is 420 g/mol. The Bertz CT molecular complexity index is 1230. The molecule has 3 N–H and O–H groups in total. The number of carbonyl (C=O) groups excluding carboxylic acids is 3. The third-order valence-corrected chi connectivity index (χ3v) is 5.41. The van der Waals surface area contributed by atoms with Crippen LogP contribution >= 0.6 is 11.3 Å². The summed E-state index contributed by atoms with van der Waals surface area (Å²) in [6, 6.07) is 9.24. The Labute approximate surface area is 174 Å². The number of hydrogen-bond donors (Lipinski definition) is 2. The zero-order valence-electron chi connectivity index (χ0n) is 15.6. The van der Waals surface area contributed by atoms with Crippen LogP contribution in [0.5, 0.6) is 0 Å². The van der Waals surface area contributed by atoms with Crippen molar-refractivity contribution in [2.45, 2.75) is 12.5 Å². The molecule has 0 aliphatic heterocycles. The van der Waals surface area contributed by atoms with E-state index in [4.69, 9.17) is 5.73 Å². The number of Topliss-reactive ketones (excluding diaryl/α,β-unsaturated/α-hetero) is 1. The number of aromatic nitrogens is 4. The summed E-state index contributed by atoms with van der Waals surface area (Å²) in [5.41, 5.74) is 6.18. The number of nitrogens with zero attached hydrogens (tertiary/aromatic N) is 4. The van der Waals surface area contributed by atoms with Gasteiger partial charge in [-0.15, -0.1) is 11.3 Å². The molecule has 4 heterocycles. The first kappa shape index (κ1) is 19.4. The third-order valence-electron chi connectivity index (χ3n) is 4.46. The summed E-state index contributed by atoms with van der Waals surface area (Å²) in [4.78, 5) is 46.2. The number of hydrogen-bond acceptors (Lipinski definition) is 7. The van der Waals surface area contributed by atoms with Crippen LogP contribution in [0.25, 0.3) is 16.0 Å². The highest BCUT2D eigenvalue weighted by Crippen LogP contribution is 2.25. The number of amides is 2. The van der Waals surface area contributed by atoms with Crippen LogP contribution in [0.15, 0.2) is 60.4 Å². The van der Waals surface area contributed by atoms with Crippen molar-refractivity contribution in [3.63, 3.8) is 0 Å². The second-order valence-corrected chi connectivity index (χ2v) is 7.25. The molecule has 0 fully saturated rings. The van der Waals surface area contributed by atoms with Crippen LogP contribution in [0.2, 0.25) is 0 Å². The van der Waals surface area contributed by atoms with E-state index < -0.39 is 23.6 Å².